The first kappa shape index (κ1) is 19.4. The minimum atomic E-state index is -0.223. The van der Waals surface area contributed by atoms with Crippen molar-refractivity contribution in [2.45, 2.75) is 26.2 Å². The summed E-state index contributed by atoms with van der Waals surface area (Å²) in [6.45, 7) is 6.31. The molecule has 0 aliphatic carbocycles. The third-order valence-electron chi connectivity index (χ3n) is 4.45. The van der Waals surface area contributed by atoms with Gasteiger partial charge in [0.1, 0.15) is 0 Å². The summed E-state index contributed by atoms with van der Waals surface area (Å²) in [6.07, 6.45) is 0. The van der Waals surface area contributed by atoms with Gasteiger partial charge in [-0.15, -0.1) is 0 Å². The lowest BCUT2D eigenvalue weighted by molar-refractivity contribution is 0.101. The third-order valence-corrected chi connectivity index (χ3v) is 4.45. The lowest BCUT2D eigenvalue weighted by Gasteiger charge is -2.22. The number of carbonyl (C=O) groups is 2. The molecule has 142 valence electrons. The van der Waals surface area contributed by atoms with Crippen molar-refractivity contribution >= 4 is 23.2 Å². The molecule has 4 nitrogen and oxygen atoms in total. The van der Waals surface area contributed by atoms with Crippen LogP contribution in [0.3, 0.4) is 0 Å². The highest BCUT2D eigenvalue weighted by Gasteiger charge is 2.18. The predicted molar refractivity (Wildman–Crippen MR) is 114 cm³/mol. The monoisotopic (exact) mass is 372 g/mol. The van der Waals surface area contributed by atoms with Crippen LogP contribution in [-0.4, -0.2) is 11.8 Å². The molecule has 0 heterocycles. The fourth-order valence-electron chi connectivity index (χ4n) is 2.79. The molecule has 3 aromatic rings. The first-order valence-corrected chi connectivity index (χ1v) is 9.22. The minimum absolute atomic E-state index is 0.0891. The molecule has 3 aromatic carbocycles. The average molecular weight is 372 g/mol. The highest BCUT2D eigenvalue weighted by atomic mass is 16.2. The molecule has 28 heavy (non-hydrogen) atoms. The van der Waals surface area contributed by atoms with Crippen molar-refractivity contribution in [3.8, 4) is 0 Å². The molecule has 0 aromatic heterocycles. The van der Waals surface area contributed by atoms with E-state index in [1.54, 1.807) is 24.3 Å². The molecule has 0 bridgehead atoms. The molecule has 0 saturated heterocycles. The Kier molecular flexibility index (Phi) is 5.59. The van der Waals surface area contributed by atoms with Crippen molar-refractivity contribution in [2.24, 2.45) is 0 Å². The van der Waals surface area contributed by atoms with Gasteiger partial charge in [0.25, 0.3) is 11.8 Å². The Morgan fingerprint density at radius 3 is 1.57 bits per heavy atom. The number of hydrogen-bond acceptors (Lipinski definition) is 2. The number of hydrogen-bond donors (Lipinski definition) is 2. The Morgan fingerprint density at radius 2 is 1.11 bits per heavy atom. The second kappa shape index (κ2) is 8.09. The molecule has 4 heteroatoms. The summed E-state index contributed by atoms with van der Waals surface area (Å²) in [5, 5.41) is 5.85. The van der Waals surface area contributed by atoms with Crippen LogP contribution in [0, 0.1) is 0 Å². The van der Waals surface area contributed by atoms with Crippen molar-refractivity contribution in [3.05, 3.63) is 95.6 Å². The first-order chi connectivity index (χ1) is 13.3. The van der Waals surface area contributed by atoms with Gasteiger partial charge in [0.05, 0.1) is 11.4 Å². The van der Waals surface area contributed by atoms with Crippen LogP contribution in [0.1, 0.15) is 47.1 Å². The zero-order valence-corrected chi connectivity index (χ0v) is 16.3. The van der Waals surface area contributed by atoms with E-state index in [0.717, 1.165) is 5.56 Å². The van der Waals surface area contributed by atoms with Gasteiger partial charge in [0.15, 0.2) is 0 Å². The fraction of sp³-hybridized carbons (Fsp3) is 0.167. The smallest absolute Gasteiger partial charge is 0.255 e. The van der Waals surface area contributed by atoms with Gasteiger partial charge >= 0.3 is 0 Å². The number of benzene rings is 3. The predicted octanol–water partition coefficient (Wildman–Crippen LogP) is 5.49. The van der Waals surface area contributed by atoms with Gasteiger partial charge in [-0.1, -0.05) is 63.2 Å². The van der Waals surface area contributed by atoms with E-state index in [4.69, 9.17) is 0 Å². The van der Waals surface area contributed by atoms with Gasteiger partial charge in [-0.05, 0) is 47.4 Å². The van der Waals surface area contributed by atoms with Crippen LogP contribution in [-0.2, 0) is 5.41 Å². The second-order valence-corrected chi connectivity index (χ2v) is 7.65. The van der Waals surface area contributed by atoms with E-state index in [1.165, 1.54) is 0 Å². The van der Waals surface area contributed by atoms with Crippen molar-refractivity contribution in [3.63, 3.8) is 0 Å². The van der Waals surface area contributed by atoms with Gasteiger partial charge in [0.2, 0.25) is 0 Å². The van der Waals surface area contributed by atoms with Crippen LogP contribution in [0.2, 0.25) is 0 Å². The van der Waals surface area contributed by atoms with E-state index < -0.39 is 0 Å². The highest BCUT2D eigenvalue weighted by Crippen LogP contribution is 2.31. The SMILES string of the molecule is CC(C)(C)c1ccc(NC(=O)c2ccccc2)c(NC(=O)c2ccccc2)c1. The van der Waals surface area contributed by atoms with E-state index in [2.05, 4.69) is 31.4 Å². The molecule has 2 amide bonds. The molecule has 0 fully saturated rings. The molecule has 0 spiro atoms. The summed E-state index contributed by atoms with van der Waals surface area (Å²) in [6, 6.07) is 23.7. The lowest BCUT2D eigenvalue weighted by Crippen LogP contribution is -2.18. The Labute approximate surface area is 165 Å². The van der Waals surface area contributed by atoms with Crippen molar-refractivity contribution in [1.82, 2.24) is 0 Å². The largest absolute Gasteiger partial charge is 0.320 e. The summed E-state index contributed by atoms with van der Waals surface area (Å²) in [4.78, 5) is 25.2. The van der Waals surface area contributed by atoms with Crippen LogP contribution < -0.4 is 10.6 Å². The van der Waals surface area contributed by atoms with Gasteiger partial charge < -0.3 is 10.6 Å². The van der Waals surface area contributed by atoms with Crippen molar-refractivity contribution in [1.29, 1.82) is 0 Å². The summed E-state index contributed by atoms with van der Waals surface area (Å²) < 4.78 is 0. The molecule has 0 radical (unpaired) electrons. The molecule has 0 saturated carbocycles. The highest BCUT2D eigenvalue weighted by molar-refractivity contribution is 6.10. The third kappa shape index (κ3) is 4.65. The second-order valence-electron chi connectivity index (χ2n) is 7.65. The zero-order valence-electron chi connectivity index (χ0n) is 16.3. The molecular formula is C24H24N2O2. The number of anilines is 2. The van der Waals surface area contributed by atoms with Crippen LogP contribution in [0.4, 0.5) is 11.4 Å². The van der Waals surface area contributed by atoms with Crippen LogP contribution in [0.5, 0.6) is 0 Å². The minimum Gasteiger partial charge on any atom is -0.320 e. The molecule has 2 N–H and O–H groups in total. The Morgan fingerprint density at radius 1 is 0.643 bits per heavy atom. The summed E-state index contributed by atoms with van der Waals surface area (Å²) >= 11 is 0. The maximum absolute atomic E-state index is 12.7. The molecule has 0 aliphatic heterocycles. The van der Waals surface area contributed by atoms with Crippen molar-refractivity contribution < 1.29 is 9.59 Å². The topological polar surface area (TPSA) is 58.2 Å². The Hall–Kier alpha value is -3.40. The van der Waals surface area contributed by atoms with Gasteiger partial charge in [-0.25, -0.2) is 0 Å². The van der Waals surface area contributed by atoms with E-state index in [0.29, 0.717) is 22.5 Å². The molecule has 0 atom stereocenters. The molecule has 3 rings (SSSR count). The first-order valence-electron chi connectivity index (χ1n) is 9.22. The van der Waals surface area contributed by atoms with E-state index >= 15 is 0 Å². The number of rotatable bonds is 4. The summed E-state index contributed by atoms with van der Waals surface area (Å²) in [7, 11) is 0. The zero-order chi connectivity index (χ0) is 20.1. The van der Waals surface area contributed by atoms with Crippen LogP contribution in [0.25, 0.3) is 0 Å². The van der Waals surface area contributed by atoms with Crippen LogP contribution >= 0.6 is 0 Å². The summed E-state index contributed by atoms with van der Waals surface area (Å²) in [5.74, 6) is -0.443. The molecule has 0 unspecified atom stereocenters. The molecule has 0 aliphatic rings. The van der Waals surface area contributed by atoms with Crippen molar-refractivity contribution in [2.75, 3.05) is 10.6 Å². The maximum atomic E-state index is 12.7. The normalized spacial score (nSPS) is 11.0. The maximum Gasteiger partial charge on any atom is 0.255 e. The van der Waals surface area contributed by atoms with E-state index in [1.807, 2.05) is 54.6 Å². The number of nitrogens with one attached hydrogen (secondary N) is 2. The van der Waals surface area contributed by atoms with Gasteiger partial charge in [0, 0.05) is 11.1 Å². The molecular weight excluding hydrogens is 348 g/mol. The Bertz CT molecular complexity index is 974. The van der Waals surface area contributed by atoms with Gasteiger partial charge in [-0.2, -0.15) is 0 Å². The standard InChI is InChI=1S/C24H24N2O2/c1-24(2,3)19-14-15-20(25-22(27)17-10-6-4-7-11-17)21(16-19)26-23(28)18-12-8-5-9-13-18/h4-16H,1-3H3,(H,25,27)(H,26,28). The average Bonchev–Trinajstić information content (AvgIpc) is 2.69. The number of amides is 2. The lowest BCUT2D eigenvalue weighted by atomic mass is 9.86. The quantitative estimate of drug-likeness (QED) is 0.636. The Balaban J connectivity index is 1.92. The van der Waals surface area contributed by atoms with Crippen LogP contribution in [0.15, 0.2) is 78.9 Å². The summed E-state index contributed by atoms with van der Waals surface area (Å²) in [5.41, 5.74) is 3.23. The van der Waals surface area contributed by atoms with E-state index in [9.17, 15) is 9.59 Å². The van der Waals surface area contributed by atoms with Gasteiger partial charge in [-0.3, -0.25) is 9.59 Å². The fourth-order valence-corrected chi connectivity index (χ4v) is 2.79. The van der Waals surface area contributed by atoms with E-state index in [-0.39, 0.29) is 17.2 Å². The number of carbonyl (C=O) groups excluding carboxylic acids is 2.